The molecule has 0 fully saturated rings. The molecule has 0 amide bonds. The van der Waals surface area contributed by atoms with Gasteiger partial charge in [0.1, 0.15) is 0 Å². The summed E-state index contributed by atoms with van der Waals surface area (Å²) >= 11 is 5.48. The summed E-state index contributed by atoms with van der Waals surface area (Å²) in [7, 11) is 0. The predicted octanol–water partition coefficient (Wildman–Crippen LogP) is 2.65. The summed E-state index contributed by atoms with van der Waals surface area (Å²) in [5.74, 6) is 0. The second-order valence-corrected chi connectivity index (χ2v) is 3.47. The second-order valence-electron chi connectivity index (χ2n) is 3.06. The molecule has 0 aromatic carbocycles. The Kier molecular flexibility index (Phi) is 3.93. The molecule has 0 spiro atoms. The van der Waals surface area contributed by atoms with E-state index in [1.165, 1.54) is 12.3 Å². The largest absolute Gasteiger partial charge is 0.434 e. The number of alkyl halides is 3. The Morgan fingerprint density at radius 1 is 1.40 bits per heavy atom. The van der Waals surface area contributed by atoms with Crippen molar-refractivity contribution in [2.45, 2.75) is 19.0 Å². The quantitative estimate of drug-likeness (QED) is 0.879. The van der Waals surface area contributed by atoms with Crippen LogP contribution in [0.5, 0.6) is 0 Å². The molecule has 0 saturated carbocycles. The van der Waals surface area contributed by atoms with Crippen LogP contribution in [0, 0.1) is 0 Å². The van der Waals surface area contributed by atoms with Crippen LogP contribution in [0.4, 0.5) is 13.2 Å². The molecule has 2 N–H and O–H groups in total. The summed E-state index contributed by atoms with van der Waals surface area (Å²) in [6, 6.07) is 1.28. The van der Waals surface area contributed by atoms with E-state index in [0.29, 0.717) is 24.9 Å². The van der Waals surface area contributed by atoms with E-state index < -0.39 is 11.9 Å². The van der Waals surface area contributed by atoms with Crippen LogP contribution < -0.4 is 5.73 Å². The van der Waals surface area contributed by atoms with Crippen LogP contribution in [0.25, 0.3) is 0 Å². The molecule has 1 aromatic heterocycles. The highest BCUT2D eigenvalue weighted by Gasteiger charge is 2.35. The summed E-state index contributed by atoms with van der Waals surface area (Å²) in [6.45, 7) is 0.485. The third-order valence-corrected chi connectivity index (χ3v) is 2.12. The van der Waals surface area contributed by atoms with Gasteiger partial charge in [0.05, 0.1) is 5.02 Å². The Morgan fingerprint density at radius 3 is 2.53 bits per heavy atom. The first-order chi connectivity index (χ1) is 6.95. The van der Waals surface area contributed by atoms with Gasteiger partial charge in [-0.25, -0.2) is 0 Å². The number of rotatable bonds is 3. The van der Waals surface area contributed by atoms with E-state index in [-0.39, 0.29) is 5.02 Å². The fraction of sp³-hybridized carbons (Fsp3) is 0.444. The maximum Gasteiger partial charge on any atom is 0.434 e. The minimum atomic E-state index is -4.50. The third kappa shape index (κ3) is 3.35. The lowest BCUT2D eigenvalue weighted by Crippen LogP contribution is -2.09. The fourth-order valence-electron chi connectivity index (χ4n) is 1.13. The minimum absolute atomic E-state index is 0.364. The number of aromatic nitrogens is 1. The van der Waals surface area contributed by atoms with Crippen molar-refractivity contribution in [3.8, 4) is 0 Å². The first kappa shape index (κ1) is 12.3. The molecule has 0 atom stereocenters. The van der Waals surface area contributed by atoms with Gasteiger partial charge in [-0.2, -0.15) is 13.2 Å². The predicted molar refractivity (Wildman–Crippen MR) is 51.6 cm³/mol. The van der Waals surface area contributed by atoms with Gasteiger partial charge in [-0.3, -0.25) is 4.98 Å². The summed E-state index contributed by atoms with van der Waals surface area (Å²) in [6.07, 6.45) is -2.03. The third-order valence-electron chi connectivity index (χ3n) is 1.84. The minimum Gasteiger partial charge on any atom is -0.330 e. The second kappa shape index (κ2) is 4.81. The Balaban J connectivity index is 2.89. The molecular weight excluding hydrogens is 229 g/mol. The Hall–Kier alpha value is -0.810. The van der Waals surface area contributed by atoms with Gasteiger partial charge in [0.25, 0.3) is 0 Å². The van der Waals surface area contributed by atoms with Crippen molar-refractivity contribution >= 4 is 11.6 Å². The first-order valence-corrected chi connectivity index (χ1v) is 4.74. The van der Waals surface area contributed by atoms with Gasteiger partial charge in [-0.15, -0.1) is 0 Å². The van der Waals surface area contributed by atoms with Gasteiger partial charge in [0, 0.05) is 6.20 Å². The lowest BCUT2D eigenvalue weighted by molar-refractivity contribution is -0.141. The normalized spacial score (nSPS) is 11.8. The molecule has 2 nitrogen and oxygen atoms in total. The maximum absolute atomic E-state index is 12.3. The summed E-state index contributed by atoms with van der Waals surface area (Å²) in [4.78, 5) is 3.30. The standard InChI is InChI=1S/C9H10ClF3N2/c10-7-4-6(2-1-3-14)5-15-8(7)9(11,12)13/h4-5H,1-3,14H2. The van der Waals surface area contributed by atoms with Crippen molar-refractivity contribution in [1.82, 2.24) is 4.98 Å². The molecule has 15 heavy (non-hydrogen) atoms. The van der Waals surface area contributed by atoms with E-state index in [2.05, 4.69) is 4.98 Å². The van der Waals surface area contributed by atoms with E-state index in [0.717, 1.165) is 0 Å². The lowest BCUT2D eigenvalue weighted by Gasteiger charge is -2.08. The van der Waals surface area contributed by atoms with E-state index in [9.17, 15) is 13.2 Å². The van der Waals surface area contributed by atoms with Crippen LogP contribution in [-0.2, 0) is 12.6 Å². The van der Waals surface area contributed by atoms with Crippen LogP contribution in [-0.4, -0.2) is 11.5 Å². The van der Waals surface area contributed by atoms with Crippen molar-refractivity contribution in [2.75, 3.05) is 6.54 Å². The molecule has 0 bridgehead atoms. The number of pyridine rings is 1. The van der Waals surface area contributed by atoms with Crippen molar-refractivity contribution in [1.29, 1.82) is 0 Å². The number of aryl methyl sites for hydroxylation is 1. The van der Waals surface area contributed by atoms with Gasteiger partial charge < -0.3 is 5.73 Å². The molecule has 0 aliphatic rings. The smallest absolute Gasteiger partial charge is 0.330 e. The lowest BCUT2D eigenvalue weighted by atomic mass is 10.1. The molecule has 0 radical (unpaired) electrons. The average Bonchev–Trinajstić information content (AvgIpc) is 2.12. The molecule has 0 unspecified atom stereocenters. The van der Waals surface area contributed by atoms with E-state index >= 15 is 0 Å². The van der Waals surface area contributed by atoms with Gasteiger partial charge >= 0.3 is 6.18 Å². The molecule has 0 aliphatic heterocycles. The highest BCUT2D eigenvalue weighted by atomic mass is 35.5. The van der Waals surface area contributed by atoms with Crippen molar-refractivity contribution < 1.29 is 13.2 Å². The van der Waals surface area contributed by atoms with Crippen LogP contribution in [0.1, 0.15) is 17.7 Å². The number of halogens is 4. The average molecular weight is 239 g/mol. The number of nitrogens with zero attached hydrogens (tertiary/aromatic N) is 1. The fourth-order valence-corrected chi connectivity index (χ4v) is 1.43. The Bertz CT molecular complexity index is 339. The van der Waals surface area contributed by atoms with Gasteiger partial charge in [0.2, 0.25) is 0 Å². The number of nitrogens with two attached hydrogens (primary N) is 1. The molecule has 0 aliphatic carbocycles. The van der Waals surface area contributed by atoms with Crippen molar-refractivity contribution in [3.63, 3.8) is 0 Å². The molecule has 84 valence electrons. The molecule has 1 aromatic rings. The zero-order chi connectivity index (χ0) is 11.5. The monoisotopic (exact) mass is 238 g/mol. The molecular formula is C9H10ClF3N2. The van der Waals surface area contributed by atoms with Crippen LogP contribution in [0.15, 0.2) is 12.3 Å². The van der Waals surface area contributed by atoms with Gasteiger partial charge in [0.15, 0.2) is 5.69 Å². The molecule has 1 heterocycles. The van der Waals surface area contributed by atoms with Crippen molar-refractivity contribution in [2.24, 2.45) is 5.73 Å². The Labute approximate surface area is 90.3 Å². The van der Waals surface area contributed by atoms with E-state index in [4.69, 9.17) is 17.3 Å². The molecule has 6 heteroatoms. The summed E-state index contributed by atoms with van der Waals surface area (Å²) in [5.41, 5.74) is 4.90. The zero-order valence-electron chi connectivity index (χ0n) is 7.81. The SMILES string of the molecule is NCCCc1cnc(C(F)(F)F)c(Cl)c1. The van der Waals surface area contributed by atoms with E-state index in [1.807, 2.05) is 0 Å². The highest BCUT2D eigenvalue weighted by molar-refractivity contribution is 6.31. The molecule has 1 rings (SSSR count). The molecule has 0 saturated heterocycles. The van der Waals surface area contributed by atoms with Crippen LogP contribution in [0.3, 0.4) is 0 Å². The number of hydrogen-bond acceptors (Lipinski definition) is 2. The maximum atomic E-state index is 12.3. The summed E-state index contributed by atoms with van der Waals surface area (Å²) < 4.78 is 36.8. The Morgan fingerprint density at radius 2 is 2.07 bits per heavy atom. The van der Waals surface area contributed by atoms with Crippen molar-refractivity contribution in [3.05, 3.63) is 28.5 Å². The number of hydrogen-bond donors (Lipinski definition) is 1. The van der Waals surface area contributed by atoms with Crippen LogP contribution >= 0.6 is 11.6 Å². The van der Waals surface area contributed by atoms with Gasteiger partial charge in [-0.1, -0.05) is 11.6 Å². The highest BCUT2D eigenvalue weighted by Crippen LogP contribution is 2.33. The van der Waals surface area contributed by atoms with Gasteiger partial charge in [-0.05, 0) is 31.0 Å². The summed E-state index contributed by atoms with van der Waals surface area (Å²) in [5, 5.41) is -0.364. The zero-order valence-corrected chi connectivity index (χ0v) is 8.57. The first-order valence-electron chi connectivity index (χ1n) is 4.37. The topological polar surface area (TPSA) is 38.9 Å². The van der Waals surface area contributed by atoms with Crippen LogP contribution in [0.2, 0.25) is 5.02 Å². The van der Waals surface area contributed by atoms with E-state index in [1.54, 1.807) is 0 Å².